The van der Waals surface area contributed by atoms with E-state index in [0.29, 0.717) is 12.5 Å². The fourth-order valence-corrected chi connectivity index (χ4v) is 1.15. The van der Waals surface area contributed by atoms with Gasteiger partial charge in [-0.15, -0.1) is 0 Å². The van der Waals surface area contributed by atoms with Gasteiger partial charge in [-0.2, -0.15) is 0 Å². The van der Waals surface area contributed by atoms with Crippen LogP contribution in [0.2, 0.25) is 0 Å². The van der Waals surface area contributed by atoms with Gasteiger partial charge in [0.05, 0.1) is 18.9 Å². The van der Waals surface area contributed by atoms with Gasteiger partial charge in [-0.1, -0.05) is 27.7 Å². The summed E-state index contributed by atoms with van der Waals surface area (Å²) in [6.07, 6.45) is 2.07. The van der Waals surface area contributed by atoms with E-state index >= 15 is 0 Å². The van der Waals surface area contributed by atoms with Crippen LogP contribution in [0.4, 0.5) is 0 Å². The van der Waals surface area contributed by atoms with Crippen molar-refractivity contribution < 1.29 is 19.1 Å². The van der Waals surface area contributed by atoms with Crippen molar-refractivity contribution in [2.45, 2.75) is 47.0 Å². The molecule has 0 saturated heterocycles. The van der Waals surface area contributed by atoms with Crippen LogP contribution in [0.1, 0.15) is 47.0 Å². The summed E-state index contributed by atoms with van der Waals surface area (Å²) in [5.41, 5.74) is 0. The van der Waals surface area contributed by atoms with Crippen LogP contribution in [0, 0.1) is 11.8 Å². The van der Waals surface area contributed by atoms with E-state index in [1.165, 1.54) is 0 Å². The summed E-state index contributed by atoms with van der Waals surface area (Å²) in [6, 6.07) is 0. The van der Waals surface area contributed by atoms with Crippen molar-refractivity contribution in [2.75, 3.05) is 13.2 Å². The average Bonchev–Trinajstić information content (AvgIpc) is 2.23. The quantitative estimate of drug-likeness (QED) is 0.486. The van der Waals surface area contributed by atoms with Gasteiger partial charge in [-0.05, 0) is 18.8 Å². The van der Waals surface area contributed by atoms with Crippen molar-refractivity contribution in [3.8, 4) is 0 Å². The third-order valence-electron chi connectivity index (χ3n) is 2.21. The van der Waals surface area contributed by atoms with Crippen LogP contribution in [0.15, 0.2) is 0 Å². The van der Waals surface area contributed by atoms with Crippen molar-refractivity contribution >= 4 is 11.9 Å². The van der Waals surface area contributed by atoms with Gasteiger partial charge in [-0.3, -0.25) is 9.59 Å². The van der Waals surface area contributed by atoms with Gasteiger partial charge in [0.25, 0.3) is 0 Å². The largest absolute Gasteiger partial charge is 0.466 e. The van der Waals surface area contributed by atoms with Crippen LogP contribution >= 0.6 is 0 Å². The summed E-state index contributed by atoms with van der Waals surface area (Å²) < 4.78 is 9.88. The molecule has 17 heavy (non-hydrogen) atoms. The van der Waals surface area contributed by atoms with Crippen molar-refractivity contribution in [3.05, 3.63) is 0 Å². The van der Waals surface area contributed by atoms with Gasteiger partial charge in [0.1, 0.15) is 6.61 Å². The van der Waals surface area contributed by atoms with E-state index in [-0.39, 0.29) is 30.9 Å². The third kappa shape index (κ3) is 9.85. The third-order valence-corrected chi connectivity index (χ3v) is 2.21. The molecule has 0 rings (SSSR count). The number of hydrogen-bond acceptors (Lipinski definition) is 4. The van der Waals surface area contributed by atoms with Crippen LogP contribution in [0.3, 0.4) is 0 Å². The first kappa shape index (κ1) is 15.9. The fraction of sp³-hybridized carbons (Fsp3) is 0.846. The first-order chi connectivity index (χ1) is 7.93. The van der Waals surface area contributed by atoms with Gasteiger partial charge in [0, 0.05) is 0 Å². The lowest BCUT2D eigenvalue weighted by atomic mass is 10.1. The molecule has 0 aromatic heterocycles. The SMILES string of the molecule is CC(C)CCCOC(=O)CCOC(=O)C(C)C. The Balaban J connectivity index is 3.44. The monoisotopic (exact) mass is 244 g/mol. The molecule has 0 aliphatic heterocycles. The average molecular weight is 244 g/mol. The molecular formula is C13H24O4. The maximum atomic E-state index is 11.2. The predicted octanol–water partition coefficient (Wildman–Crippen LogP) is 2.56. The van der Waals surface area contributed by atoms with Crippen LogP contribution in [-0.2, 0) is 19.1 Å². The summed E-state index contributed by atoms with van der Waals surface area (Å²) in [7, 11) is 0. The Morgan fingerprint density at radius 1 is 1.00 bits per heavy atom. The zero-order valence-electron chi connectivity index (χ0n) is 11.3. The van der Waals surface area contributed by atoms with Crippen LogP contribution < -0.4 is 0 Å². The molecule has 0 aliphatic carbocycles. The molecule has 0 aliphatic rings. The minimum atomic E-state index is -0.301. The van der Waals surface area contributed by atoms with Crippen LogP contribution in [0.25, 0.3) is 0 Å². The second-order valence-electron chi connectivity index (χ2n) is 4.83. The Labute approximate surface area is 104 Å². The van der Waals surface area contributed by atoms with Crippen molar-refractivity contribution in [1.82, 2.24) is 0 Å². The van der Waals surface area contributed by atoms with Gasteiger partial charge >= 0.3 is 11.9 Å². The van der Waals surface area contributed by atoms with Crippen LogP contribution in [-0.4, -0.2) is 25.2 Å². The number of esters is 2. The lowest BCUT2D eigenvalue weighted by Gasteiger charge is -2.08. The van der Waals surface area contributed by atoms with Gasteiger partial charge in [0.2, 0.25) is 0 Å². The summed E-state index contributed by atoms with van der Waals surface area (Å²) in [4.78, 5) is 22.3. The standard InChI is InChI=1S/C13H24O4/c1-10(2)6-5-8-16-12(14)7-9-17-13(15)11(3)4/h10-11H,5-9H2,1-4H3. The van der Waals surface area contributed by atoms with Crippen LogP contribution in [0.5, 0.6) is 0 Å². The van der Waals surface area contributed by atoms with E-state index < -0.39 is 0 Å². The highest BCUT2D eigenvalue weighted by molar-refractivity contribution is 5.73. The first-order valence-corrected chi connectivity index (χ1v) is 6.25. The molecule has 0 unspecified atom stereocenters. The number of ether oxygens (including phenoxy) is 2. The fourth-order valence-electron chi connectivity index (χ4n) is 1.15. The molecule has 0 aromatic carbocycles. The minimum Gasteiger partial charge on any atom is -0.466 e. The van der Waals surface area contributed by atoms with E-state index in [1.807, 2.05) is 0 Å². The molecule has 4 heteroatoms. The second-order valence-corrected chi connectivity index (χ2v) is 4.83. The molecule has 0 saturated carbocycles. The molecule has 0 N–H and O–H groups in total. The van der Waals surface area contributed by atoms with Crippen molar-refractivity contribution in [2.24, 2.45) is 11.8 Å². The highest BCUT2D eigenvalue weighted by Gasteiger charge is 2.09. The first-order valence-electron chi connectivity index (χ1n) is 6.25. The minimum absolute atomic E-state index is 0.111. The lowest BCUT2D eigenvalue weighted by Crippen LogP contribution is -2.15. The van der Waals surface area contributed by atoms with E-state index in [4.69, 9.17) is 9.47 Å². The summed E-state index contributed by atoms with van der Waals surface area (Å²) in [5, 5.41) is 0. The number of rotatable bonds is 8. The Hall–Kier alpha value is -1.06. The molecule has 0 heterocycles. The number of hydrogen-bond donors (Lipinski definition) is 0. The molecule has 0 radical (unpaired) electrons. The van der Waals surface area contributed by atoms with Crippen molar-refractivity contribution in [3.63, 3.8) is 0 Å². The molecule has 0 spiro atoms. The maximum Gasteiger partial charge on any atom is 0.309 e. The summed E-state index contributed by atoms with van der Waals surface area (Å²) >= 11 is 0. The predicted molar refractivity (Wildman–Crippen MR) is 65.4 cm³/mol. The molecule has 0 atom stereocenters. The second kappa shape index (κ2) is 9.02. The van der Waals surface area contributed by atoms with E-state index in [2.05, 4.69) is 13.8 Å². The lowest BCUT2D eigenvalue weighted by molar-refractivity contribution is -0.151. The number of carbonyl (C=O) groups excluding carboxylic acids is 2. The molecule has 0 bridgehead atoms. The molecule has 4 nitrogen and oxygen atoms in total. The maximum absolute atomic E-state index is 11.2. The molecular weight excluding hydrogens is 220 g/mol. The Bertz CT molecular complexity index is 234. The van der Waals surface area contributed by atoms with Crippen molar-refractivity contribution in [1.29, 1.82) is 0 Å². The molecule has 0 amide bonds. The van der Waals surface area contributed by atoms with E-state index in [1.54, 1.807) is 13.8 Å². The van der Waals surface area contributed by atoms with Gasteiger partial charge in [-0.25, -0.2) is 0 Å². The summed E-state index contributed by atoms with van der Waals surface area (Å²) in [6.45, 7) is 8.34. The smallest absolute Gasteiger partial charge is 0.309 e. The highest BCUT2D eigenvalue weighted by Crippen LogP contribution is 2.03. The zero-order valence-corrected chi connectivity index (χ0v) is 11.3. The molecule has 0 aromatic rings. The number of carbonyl (C=O) groups is 2. The highest BCUT2D eigenvalue weighted by atomic mass is 16.5. The Morgan fingerprint density at radius 3 is 2.18 bits per heavy atom. The molecule has 0 fully saturated rings. The Morgan fingerprint density at radius 2 is 1.65 bits per heavy atom. The summed E-state index contributed by atoms with van der Waals surface area (Å²) in [5.74, 6) is -0.110. The zero-order chi connectivity index (χ0) is 13.3. The van der Waals surface area contributed by atoms with Gasteiger partial charge in [0.15, 0.2) is 0 Å². The topological polar surface area (TPSA) is 52.6 Å². The normalized spacial score (nSPS) is 10.7. The van der Waals surface area contributed by atoms with E-state index in [0.717, 1.165) is 12.8 Å². The van der Waals surface area contributed by atoms with Gasteiger partial charge < -0.3 is 9.47 Å². The molecule has 100 valence electrons. The van der Waals surface area contributed by atoms with E-state index in [9.17, 15) is 9.59 Å². The Kier molecular flexibility index (Phi) is 8.46.